The standard InChI is InChI=1S/C22H17N3O2.ClH/c1-2-6-15(7-3-1)21-24-18-9-5-4-8-17(18)22(25-21)23-16-10-11-19-20(14-16)27-13-12-26-19;/h1-11,14H,12-13H2,(H,23,24,25);1H/p-1. The Bertz CT molecular complexity index is 1120. The molecule has 0 unspecified atom stereocenters. The van der Waals surface area contributed by atoms with Gasteiger partial charge in [0.05, 0.1) is 5.52 Å². The molecule has 28 heavy (non-hydrogen) atoms. The van der Waals surface area contributed by atoms with Crippen molar-refractivity contribution in [3.05, 3.63) is 72.8 Å². The predicted molar refractivity (Wildman–Crippen MR) is 106 cm³/mol. The Hall–Kier alpha value is -3.31. The molecule has 5 rings (SSSR count). The first-order valence-corrected chi connectivity index (χ1v) is 8.86. The number of aromatic nitrogens is 2. The molecule has 4 aromatic rings. The maximum absolute atomic E-state index is 5.68. The SMILES string of the molecule is [Cl-].c1ccc(-c2nc(Nc3ccc4c(c3)OCCO4)c3ccccc3n2)cc1. The largest absolute Gasteiger partial charge is 1.00 e. The van der Waals surface area contributed by atoms with Gasteiger partial charge < -0.3 is 27.2 Å². The highest BCUT2D eigenvalue weighted by Gasteiger charge is 2.14. The molecule has 0 saturated heterocycles. The van der Waals surface area contributed by atoms with E-state index < -0.39 is 0 Å². The van der Waals surface area contributed by atoms with Crippen molar-refractivity contribution in [3.8, 4) is 22.9 Å². The molecule has 0 fully saturated rings. The topological polar surface area (TPSA) is 56.3 Å². The third kappa shape index (κ3) is 3.44. The van der Waals surface area contributed by atoms with Crippen LogP contribution >= 0.6 is 0 Å². The number of hydrogen-bond acceptors (Lipinski definition) is 5. The van der Waals surface area contributed by atoms with Crippen molar-refractivity contribution in [1.82, 2.24) is 9.97 Å². The summed E-state index contributed by atoms with van der Waals surface area (Å²) in [5, 5.41) is 4.39. The highest BCUT2D eigenvalue weighted by molar-refractivity contribution is 5.92. The van der Waals surface area contributed by atoms with Crippen molar-refractivity contribution < 1.29 is 21.9 Å². The number of halogens is 1. The summed E-state index contributed by atoms with van der Waals surface area (Å²) >= 11 is 0. The lowest BCUT2D eigenvalue weighted by atomic mass is 10.1. The van der Waals surface area contributed by atoms with Crippen molar-refractivity contribution in [2.24, 2.45) is 0 Å². The van der Waals surface area contributed by atoms with Gasteiger partial charge in [-0.1, -0.05) is 42.5 Å². The Morgan fingerprint density at radius 3 is 2.36 bits per heavy atom. The van der Waals surface area contributed by atoms with Crippen LogP contribution in [0.3, 0.4) is 0 Å². The van der Waals surface area contributed by atoms with E-state index in [1.54, 1.807) is 0 Å². The van der Waals surface area contributed by atoms with Crippen LogP contribution in [0.15, 0.2) is 72.8 Å². The maximum atomic E-state index is 5.68. The Balaban J connectivity index is 0.00000192. The quantitative estimate of drug-likeness (QED) is 0.578. The number of rotatable bonds is 3. The van der Waals surface area contributed by atoms with Crippen molar-refractivity contribution in [1.29, 1.82) is 0 Å². The number of fused-ring (bicyclic) bond motifs is 2. The fraction of sp³-hybridized carbons (Fsp3) is 0.0909. The van der Waals surface area contributed by atoms with Crippen LogP contribution in [0.4, 0.5) is 11.5 Å². The van der Waals surface area contributed by atoms with Gasteiger partial charge in [0.25, 0.3) is 0 Å². The van der Waals surface area contributed by atoms with E-state index in [0.29, 0.717) is 19.0 Å². The van der Waals surface area contributed by atoms with Crippen LogP contribution in [0.25, 0.3) is 22.3 Å². The molecule has 1 N–H and O–H groups in total. The van der Waals surface area contributed by atoms with Gasteiger partial charge in [-0.3, -0.25) is 0 Å². The van der Waals surface area contributed by atoms with Gasteiger partial charge in [-0.15, -0.1) is 0 Å². The lowest BCUT2D eigenvalue weighted by molar-refractivity contribution is -0.00000597. The van der Waals surface area contributed by atoms with E-state index in [0.717, 1.165) is 39.5 Å². The highest BCUT2D eigenvalue weighted by Crippen LogP contribution is 2.34. The van der Waals surface area contributed by atoms with E-state index in [-0.39, 0.29) is 12.4 Å². The third-order valence-electron chi connectivity index (χ3n) is 4.44. The van der Waals surface area contributed by atoms with Crippen molar-refractivity contribution >= 4 is 22.4 Å². The van der Waals surface area contributed by atoms with E-state index in [2.05, 4.69) is 5.32 Å². The summed E-state index contributed by atoms with van der Waals surface area (Å²) in [4.78, 5) is 9.51. The number of ether oxygens (including phenoxy) is 2. The third-order valence-corrected chi connectivity index (χ3v) is 4.44. The number of para-hydroxylation sites is 1. The minimum Gasteiger partial charge on any atom is -1.00 e. The smallest absolute Gasteiger partial charge is 0.163 e. The van der Waals surface area contributed by atoms with E-state index in [9.17, 15) is 0 Å². The Morgan fingerprint density at radius 1 is 0.750 bits per heavy atom. The van der Waals surface area contributed by atoms with Crippen molar-refractivity contribution in [2.45, 2.75) is 0 Å². The molecule has 140 valence electrons. The zero-order valence-corrected chi connectivity index (χ0v) is 15.7. The molecule has 0 aliphatic carbocycles. The van der Waals surface area contributed by atoms with Crippen LogP contribution in [-0.4, -0.2) is 23.2 Å². The fourth-order valence-corrected chi connectivity index (χ4v) is 3.15. The summed E-state index contributed by atoms with van der Waals surface area (Å²) < 4.78 is 11.3. The summed E-state index contributed by atoms with van der Waals surface area (Å²) in [7, 11) is 0. The molecule has 2 heterocycles. The number of benzene rings is 3. The van der Waals surface area contributed by atoms with Gasteiger partial charge in [0.2, 0.25) is 0 Å². The summed E-state index contributed by atoms with van der Waals surface area (Å²) in [6.07, 6.45) is 0. The molecular weight excluding hydrogens is 374 g/mol. The molecule has 6 heteroatoms. The van der Waals surface area contributed by atoms with Gasteiger partial charge >= 0.3 is 0 Å². The molecule has 1 aromatic heterocycles. The fourth-order valence-electron chi connectivity index (χ4n) is 3.15. The minimum absolute atomic E-state index is 0. The van der Waals surface area contributed by atoms with Gasteiger partial charge in [-0.05, 0) is 24.3 Å². The first-order chi connectivity index (χ1) is 13.4. The van der Waals surface area contributed by atoms with Gasteiger partial charge in [0.15, 0.2) is 17.3 Å². The average Bonchev–Trinajstić information content (AvgIpc) is 2.74. The Kier molecular flexibility index (Phi) is 5.00. The lowest BCUT2D eigenvalue weighted by Gasteiger charge is -2.19. The second kappa shape index (κ2) is 7.74. The molecule has 0 radical (unpaired) electrons. The first kappa shape index (κ1) is 18.1. The van der Waals surface area contributed by atoms with Gasteiger partial charge in [0.1, 0.15) is 19.0 Å². The molecule has 3 aromatic carbocycles. The predicted octanol–water partition coefficient (Wildman–Crippen LogP) is 1.82. The highest BCUT2D eigenvalue weighted by atomic mass is 35.5. The molecule has 5 nitrogen and oxygen atoms in total. The first-order valence-electron chi connectivity index (χ1n) is 8.86. The van der Waals surface area contributed by atoms with Gasteiger partial charge in [0, 0.05) is 22.7 Å². The molecule has 0 saturated carbocycles. The normalized spacial score (nSPS) is 12.3. The van der Waals surface area contributed by atoms with Crippen LogP contribution in [0, 0.1) is 0 Å². The molecule has 1 aliphatic rings. The van der Waals surface area contributed by atoms with E-state index in [1.165, 1.54) is 0 Å². The summed E-state index contributed by atoms with van der Waals surface area (Å²) in [5.74, 6) is 2.96. The van der Waals surface area contributed by atoms with E-state index >= 15 is 0 Å². The van der Waals surface area contributed by atoms with Gasteiger partial charge in [-0.2, -0.15) is 0 Å². The van der Waals surface area contributed by atoms with E-state index in [4.69, 9.17) is 19.4 Å². The number of nitrogens with zero attached hydrogens (tertiary/aromatic N) is 2. The van der Waals surface area contributed by atoms with Crippen LogP contribution < -0.4 is 27.2 Å². The molecule has 0 atom stereocenters. The summed E-state index contributed by atoms with van der Waals surface area (Å²) in [6.45, 7) is 1.14. The number of anilines is 2. The van der Waals surface area contributed by atoms with Crippen LogP contribution in [0.1, 0.15) is 0 Å². The summed E-state index contributed by atoms with van der Waals surface area (Å²) in [5.41, 5.74) is 2.77. The summed E-state index contributed by atoms with van der Waals surface area (Å²) in [6, 6.07) is 23.8. The molecule has 1 aliphatic heterocycles. The molecular formula is C22H17ClN3O2-. The van der Waals surface area contributed by atoms with Gasteiger partial charge in [-0.25, -0.2) is 9.97 Å². The Labute approximate surface area is 168 Å². The monoisotopic (exact) mass is 390 g/mol. The zero-order valence-electron chi connectivity index (χ0n) is 14.9. The molecule has 0 spiro atoms. The van der Waals surface area contributed by atoms with Crippen LogP contribution in [0.2, 0.25) is 0 Å². The van der Waals surface area contributed by atoms with Crippen LogP contribution in [0.5, 0.6) is 11.5 Å². The average molecular weight is 391 g/mol. The lowest BCUT2D eigenvalue weighted by Crippen LogP contribution is -3.00. The molecule has 0 amide bonds. The number of hydrogen-bond donors (Lipinski definition) is 1. The zero-order chi connectivity index (χ0) is 18.1. The number of nitrogens with one attached hydrogen (secondary N) is 1. The van der Waals surface area contributed by atoms with Crippen molar-refractivity contribution in [2.75, 3.05) is 18.5 Å². The van der Waals surface area contributed by atoms with Crippen molar-refractivity contribution in [3.63, 3.8) is 0 Å². The molecule has 0 bridgehead atoms. The Morgan fingerprint density at radius 2 is 1.50 bits per heavy atom. The second-order valence-corrected chi connectivity index (χ2v) is 6.26. The van der Waals surface area contributed by atoms with E-state index in [1.807, 2.05) is 72.8 Å². The minimum atomic E-state index is 0. The van der Waals surface area contributed by atoms with Crippen LogP contribution in [-0.2, 0) is 0 Å². The second-order valence-electron chi connectivity index (χ2n) is 6.26. The maximum Gasteiger partial charge on any atom is 0.163 e.